The van der Waals surface area contributed by atoms with E-state index in [2.05, 4.69) is 20.9 Å². The molecule has 3 rings (SSSR count). The van der Waals surface area contributed by atoms with Crippen LogP contribution in [0.25, 0.3) is 0 Å². The van der Waals surface area contributed by atoms with Crippen molar-refractivity contribution in [1.82, 2.24) is 9.88 Å². The fourth-order valence-electron chi connectivity index (χ4n) is 3.00. The number of rotatable bonds is 2. The zero-order valence-electron chi connectivity index (χ0n) is 9.98. The van der Waals surface area contributed by atoms with Crippen LogP contribution in [0.3, 0.4) is 0 Å². The molecule has 2 saturated heterocycles. The van der Waals surface area contributed by atoms with Crippen molar-refractivity contribution in [2.45, 2.75) is 24.8 Å². The van der Waals surface area contributed by atoms with Crippen molar-refractivity contribution < 1.29 is 0 Å². The highest BCUT2D eigenvalue weighted by atomic mass is 35.5. The molecule has 2 aliphatic heterocycles. The van der Waals surface area contributed by atoms with Crippen LogP contribution >= 0.6 is 11.6 Å². The lowest BCUT2D eigenvalue weighted by atomic mass is 10.1. The lowest BCUT2D eigenvalue weighted by Crippen LogP contribution is -2.50. The maximum atomic E-state index is 5.99. The Morgan fingerprint density at radius 2 is 2.29 bits per heavy atom. The van der Waals surface area contributed by atoms with Gasteiger partial charge in [0.15, 0.2) is 0 Å². The first-order chi connectivity index (χ1) is 8.38. The normalized spacial score (nSPS) is 25.0. The lowest BCUT2D eigenvalue weighted by Gasteiger charge is -2.38. The highest BCUT2D eigenvalue weighted by Gasteiger charge is 2.31. The Morgan fingerprint density at radius 1 is 1.35 bits per heavy atom. The molecule has 0 aliphatic carbocycles. The van der Waals surface area contributed by atoms with Crippen LogP contribution in [0.15, 0.2) is 18.3 Å². The molecule has 1 aromatic heterocycles. The molecule has 0 radical (unpaired) electrons. The summed E-state index contributed by atoms with van der Waals surface area (Å²) in [6.45, 7) is 4.64. The number of anilines is 1. The molecule has 1 unspecified atom stereocenters. The van der Waals surface area contributed by atoms with Gasteiger partial charge >= 0.3 is 0 Å². The largest absolute Gasteiger partial charge is 0.354 e. The van der Waals surface area contributed by atoms with Crippen LogP contribution in [0.2, 0.25) is 0 Å². The quantitative estimate of drug-likeness (QED) is 0.751. The van der Waals surface area contributed by atoms with E-state index in [0.717, 1.165) is 30.5 Å². The van der Waals surface area contributed by atoms with Gasteiger partial charge in [0.2, 0.25) is 0 Å². The zero-order chi connectivity index (χ0) is 11.7. The average Bonchev–Trinajstić information content (AvgIpc) is 2.85. The molecule has 2 fully saturated rings. The van der Waals surface area contributed by atoms with Gasteiger partial charge in [0, 0.05) is 37.4 Å². The molecule has 2 aliphatic rings. The van der Waals surface area contributed by atoms with Crippen LogP contribution in [0.4, 0.5) is 5.82 Å². The highest BCUT2D eigenvalue weighted by Crippen LogP contribution is 2.26. The number of hydrogen-bond donors (Lipinski definition) is 0. The maximum absolute atomic E-state index is 5.99. The minimum Gasteiger partial charge on any atom is -0.354 e. The summed E-state index contributed by atoms with van der Waals surface area (Å²) in [5, 5.41) is 0. The lowest BCUT2D eigenvalue weighted by molar-refractivity contribution is 0.230. The Morgan fingerprint density at radius 3 is 3.18 bits per heavy atom. The molecule has 4 heteroatoms. The van der Waals surface area contributed by atoms with E-state index in [0.29, 0.717) is 5.88 Å². The third-order valence-corrected chi connectivity index (χ3v) is 4.19. The van der Waals surface area contributed by atoms with E-state index >= 15 is 0 Å². The summed E-state index contributed by atoms with van der Waals surface area (Å²) in [5.74, 6) is 1.64. The standard InChI is InChI=1S/C13H18ClN3/c14-9-11-3-1-5-15-13(11)17-8-7-16-6-2-4-12(16)10-17/h1,3,5,12H,2,4,6-10H2. The van der Waals surface area contributed by atoms with E-state index in [-0.39, 0.29) is 0 Å². The molecule has 0 saturated carbocycles. The summed E-state index contributed by atoms with van der Waals surface area (Å²) < 4.78 is 0. The van der Waals surface area contributed by atoms with Crippen LogP contribution in [-0.2, 0) is 5.88 Å². The van der Waals surface area contributed by atoms with Crippen molar-refractivity contribution in [2.75, 3.05) is 31.1 Å². The van der Waals surface area contributed by atoms with Crippen molar-refractivity contribution in [1.29, 1.82) is 0 Å². The average molecular weight is 252 g/mol. The second kappa shape index (κ2) is 4.83. The maximum Gasteiger partial charge on any atom is 0.133 e. The van der Waals surface area contributed by atoms with Crippen LogP contribution in [0, 0.1) is 0 Å². The predicted octanol–water partition coefficient (Wildman–Crippen LogP) is 2.10. The summed E-state index contributed by atoms with van der Waals surface area (Å²) >= 11 is 5.99. The monoisotopic (exact) mass is 251 g/mol. The third kappa shape index (κ3) is 2.14. The van der Waals surface area contributed by atoms with E-state index in [1.807, 2.05) is 12.3 Å². The molecule has 0 N–H and O–H groups in total. The van der Waals surface area contributed by atoms with Crippen molar-refractivity contribution in [3.05, 3.63) is 23.9 Å². The van der Waals surface area contributed by atoms with Gasteiger partial charge in [-0.25, -0.2) is 4.98 Å². The number of hydrogen-bond acceptors (Lipinski definition) is 3. The summed E-state index contributed by atoms with van der Waals surface area (Å²) in [6.07, 6.45) is 4.55. The third-order valence-electron chi connectivity index (χ3n) is 3.90. The van der Waals surface area contributed by atoms with Crippen molar-refractivity contribution >= 4 is 17.4 Å². The number of pyridine rings is 1. The molecule has 92 valence electrons. The van der Waals surface area contributed by atoms with E-state index < -0.39 is 0 Å². The fourth-order valence-corrected chi connectivity index (χ4v) is 3.21. The molecule has 1 atom stereocenters. The molecule has 0 aromatic carbocycles. The fraction of sp³-hybridized carbons (Fsp3) is 0.615. The minimum absolute atomic E-state index is 0.550. The van der Waals surface area contributed by atoms with Gasteiger partial charge in [0.1, 0.15) is 5.82 Å². The number of aromatic nitrogens is 1. The van der Waals surface area contributed by atoms with Crippen LogP contribution in [-0.4, -0.2) is 42.1 Å². The van der Waals surface area contributed by atoms with Crippen molar-refractivity contribution in [3.63, 3.8) is 0 Å². The molecular formula is C13H18ClN3. The Balaban J connectivity index is 1.80. The summed E-state index contributed by atoms with van der Waals surface area (Å²) in [6, 6.07) is 4.78. The molecular weight excluding hydrogens is 234 g/mol. The summed E-state index contributed by atoms with van der Waals surface area (Å²) in [4.78, 5) is 9.53. The number of piperazine rings is 1. The molecule has 0 bridgehead atoms. The van der Waals surface area contributed by atoms with Crippen LogP contribution in [0.5, 0.6) is 0 Å². The molecule has 17 heavy (non-hydrogen) atoms. The van der Waals surface area contributed by atoms with Crippen LogP contribution < -0.4 is 4.90 Å². The number of alkyl halides is 1. The second-order valence-corrected chi connectivity index (χ2v) is 5.17. The minimum atomic E-state index is 0.550. The second-order valence-electron chi connectivity index (χ2n) is 4.90. The molecule has 3 heterocycles. The van der Waals surface area contributed by atoms with Gasteiger partial charge in [-0.1, -0.05) is 6.07 Å². The molecule has 0 spiro atoms. The molecule has 1 aromatic rings. The smallest absolute Gasteiger partial charge is 0.133 e. The van der Waals surface area contributed by atoms with E-state index in [1.165, 1.54) is 25.9 Å². The Bertz CT molecular complexity index is 396. The van der Waals surface area contributed by atoms with Gasteiger partial charge in [-0.15, -0.1) is 11.6 Å². The first kappa shape index (κ1) is 11.3. The van der Waals surface area contributed by atoms with Gasteiger partial charge in [-0.05, 0) is 25.5 Å². The number of fused-ring (bicyclic) bond motifs is 1. The zero-order valence-corrected chi connectivity index (χ0v) is 10.7. The van der Waals surface area contributed by atoms with Crippen molar-refractivity contribution in [2.24, 2.45) is 0 Å². The number of nitrogens with zero attached hydrogens (tertiary/aromatic N) is 3. The SMILES string of the molecule is ClCc1cccnc1N1CCN2CCCC2C1. The molecule has 0 amide bonds. The topological polar surface area (TPSA) is 19.4 Å². The van der Waals surface area contributed by atoms with Gasteiger partial charge in [0.05, 0.1) is 5.88 Å². The van der Waals surface area contributed by atoms with Crippen molar-refractivity contribution in [3.8, 4) is 0 Å². The Hall–Kier alpha value is -0.800. The highest BCUT2D eigenvalue weighted by molar-refractivity contribution is 6.17. The summed E-state index contributed by atoms with van der Waals surface area (Å²) in [7, 11) is 0. The predicted molar refractivity (Wildman–Crippen MR) is 70.6 cm³/mol. The first-order valence-corrected chi connectivity index (χ1v) is 6.91. The van der Waals surface area contributed by atoms with E-state index in [9.17, 15) is 0 Å². The first-order valence-electron chi connectivity index (χ1n) is 6.37. The van der Waals surface area contributed by atoms with Gasteiger partial charge < -0.3 is 4.90 Å². The Kier molecular flexibility index (Phi) is 3.21. The van der Waals surface area contributed by atoms with E-state index in [4.69, 9.17) is 11.6 Å². The Labute approximate surface area is 107 Å². The summed E-state index contributed by atoms with van der Waals surface area (Å²) in [5.41, 5.74) is 1.15. The molecule has 3 nitrogen and oxygen atoms in total. The van der Waals surface area contributed by atoms with Gasteiger partial charge in [-0.3, -0.25) is 4.90 Å². The number of halogens is 1. The van der Waals surface area contributed by atoms with Gasteiger partial charge in [-0.2, -0.15) is 0 Å². The van der Waals surface area contributed by atoms with Crippen LogP contribution in [0.1, 0.15) is 18.4 Å². The van der Waals surface area contributed by atoms with Gasteiger partial charge in [0.25, 0.3) is 0 Å². The van der Waals surface area contributed by atoms with E-state index in [1.54, 1.807) is 0 Å².